The predicted octanol–water partition coefficient (Wildman–Crippen LogP) is 5.10. The first-order chi connectivity index (χ1) is 10.3. The standard InChI is InChI=1S/C17H18N2S2/c1-3-5-15-16(19-9-8-18-17(19)21-15)12-6-4-7-14-13(12)10-11(2)20-14/h4,6-7,10H,3,5,8-9H2,1-2H3. The highest BCUT2D eigenvalue weighted by Crippen LogP contribution is 2.45. The van der Waals surface area contributed by atoms with E-state index < -0.39 is 0 Å². The Morgan fingerprint density at radius 3 is 3.10 bits per heavy atom. The molecule has 0 bridgehead atoms. The Labute approximate surface area is 133 Å². The Bertz CT molecular complexity index is 770. The second-order valence-corrected chi connectivity index (χ2v) is 7.86. The zero-order valence-corrected chi connectivity index (χ0v) is 14.0. The Balaban J connectivity index is 1.92. The minimum absolute atomic E-state index is 0.934. The van der Waals surface area contributed by atoms with Gasteiger partial charge in [-0.3, -0.25) is 4.99 Å². The second kappa shape index (κ2) is 5.18. The number of thioether (sulfide) groups is 1. The summed E-state index contributed by atoms with van der Waals surface area (Å²) in [5.74, 6) is 0. The lowest BCUT2D eigenvalue weighted by Gasteiger charge is -2.18. The highest BCUT2D eigenvalue weighted by molar-refractivity contribution is 8.17. The van der Waals surface area contributed by atoms with Crippen LogP contribution in [0.2, 0.25) is 0 Å². The lowest BCUT2D eigenvalue weighted by atomic mass is 10.0. The van der Waals surface area contributed by atoms with Gasteiger partial charge in [0.1, 0.15) is 0 Å². The van der Waals surface area contributed by atoms with Gasteiger partial charge in [-0.2, -0.15) is 0 Å². The van der Waals surface area contributed by atoms with Gasteiger partial charge in [-0.15, -0.1) is 11.3 Å². The normalized spacial score (nSPS) is 17.8. The van der Waals surface area contributed by atoms with Crippen molar-refractivity contribution in [1.29, 1.82) is 0 Å². The first-order valence-electron chi connectivity index (χ1n) is 7.50. The highest BCUT2D eigenvalue weighted by atomic mass is 32.2. The number of rotatable bonds is 3. The summed E-state index contributed by atoms with van der Waals surface area (Å²) in [6, 6.07) is 9.04. The Morgan fingerprint density at radius 2 is 2.24 bits per heavy atom. The summed E-state index contributed by atoms with van der Waals surface area (Å²) in [4.78, 5) is 9.96. The molecule has 108 valence electrons. The van der Waals surface area contributed by atoms with Gasteiger partial charge in [-0.1, -0.05) is 37.2 Å². The van der Waals surface area contributed by atoms with Gasteiger partial charge in [0.2, 0.25) is 0 Å². The third kappa shape index (κ3) is 2.12. The molecule has 4 rings (SSSR count). The van der Waals surface area contributed by atoms with Crippen molar-refractivity contribution in [3.63, 3.8) is 0 Å². The summed E-state index contributed by atoms with van der Waals surface area (Å²) >= 11 is 3.77. The van der Waals surface area contributed by atoms with Gasteiger partial charge in [0.15, 0.2) is 5.17 Å². The van der Waals surface area contributed by atoms with Crippen LogP contribution in [0.15, 0.2) is 34.2 Å². The predicted molar refractivity (Wildman–Crippen MR) is 95.0 cm³/mol. The second-order valence-electron chi connectivity index (χ2n) is 5.51. The number of nitrogens with zero attached hydrogens (tertiary/aromatic N) is 2. The molecule has 0 atom stereocenters. The molecule has 2 aliphatic heterocycles. The van der Waals surface area contributed by atoms with Crippen LogP contribution in [0.25, 0.3) is 15.8 Å². The Kier molecular flexibility index (Phi) is 3.31. The molecule has 0 unspecified atom stereocenters. The molecule has 0 saturated heterocycles. The molecular formula is C17H18N2S2. The topological polar surface area (TPSA) is 15.6 Å². The van der Waals surface area contributed by atoms with Crippen LogP contribution in [-0.4, -0.2) is 23.2 Å². The summed E-state index contributed by atoms with van der Waals surface area (Å²) in [7, 11) is 0. The zero-order valence-electron chi connectivity index (χ0n) is 12.3. The van der Waals surface area contributed by atoms with E-state index in [2.05, 4.69) is 48.0 Å². The first kappa shape index (κ1) is 13.4. The fourth-order valence-corrected chi connectivity index (χ4v) is 5.36. The molecule has 1 aromatic heterocycles. The van der Waals surface area contributed by atoms with Crippen molar-refractivity contribution in [2.24, 2.45) is 4.99 Å². The monoisotopic (exact) mass is 314 g/mol. The molecule has 4 heteroatoms. The number of amidine groups is 1. The van der Waals surface area contributed by atoms with Gasteiger partial charge in [0.25, 0.3) is 0 Å². The SMILES string of the molecule is CCCC1=C(c2cccc3sc(C)cc23)N2CCN=C2S1. The van der Waals surface area contributed by atoms with E-state index in [-0.39, 0.29) is 0 Å². The van der Waals surface area contributed by atoms with Crippen LogP contribution in [0.5, 0.6) is 0 Å². The number of thiophene rings is 1. The van der Waals surface area contributed by atoms with Gasteiger partial charge in [-0.25, -0.2) is 0 Å². The number of benzene rings is 1. The summed E-state index contributed by atoms with van der Waals surface area (Å²) in [5.41, 5.74) is 2.81. The van der Waals surface area contributed by atoms with Crippen molar-refractivity contribution in [3.8, 4) is 0 Å². The van der Waals surface area contributed by atoms with Crippen molar-refractivity contribution in [2.75, 3.05) is 13.1 Å². The molecule has 0 amide bonds. The number of hydrogen-bond acceptors (Lipinski definition) is 4. The van der Waals surface area contributed by atoms with Gasteiger partial charge < -0.3 is 4.90 Å². The minimum atomic E-state index is 0.934. The van der Waals surface area contributed by atoms with Crippen molar-refractivity contribution >= 4 is 44.0 Å². The molecule has 0 N–H and O–H groups in total. The first-order valence-corrected chi connectivity index (χ1v) is 9.13. The molecule has 2 nitrogen and oxygen atoms in total. The van der Waals surface area contributed by atoms with Gasteiger partial charge in [0.05, 0.1) is 12.2 Å². The zero-order chi connectivity index (χ0) is 14.4. The quantitative estimate of drug-likeness (QED) is 0.783. The molecule has 2 aliphatic rings. The van der Waals surface area contributed by atoms with Crippen LogP contribution in [0.1, 0.15) is 30.2 Å². The van der Waals surface area contributed by atoms with Gasteiger partial charge >= 0.3 is 0 Å². The average Bonchev–Trinajstić information content (AvgIpc) is 3.11. The molecule has 0 saturated carbocycles. The van der Waals surface area contributed by atoms with Crippen LogP contribution in [0.4, 0.5) is 0 Å². The van der Waals surface area contributed by atoms with Crippen molar-refractivity contribution in [3.05, 3.63) is 39.6 Å². The van der Waals surface area contributed by atoms with Crippen LogP contribution in [0, 0.1) is 6.92 Å². The summed E-state index contributed by atoms with van der Waals surface area (Å²) in [5, 5.41) is 2.61. The van der Waals surface area contributed by atoms with Crippen LogP contribution < -0.4 is 0 Å². The highest BCUT2D eigenvalue weighted by Gasteiger charge is 2.33. The van der Waals surface area contributed by atoms with E-state index in [4.69, 9.17) is 0 Å². The largest absolute Gasteiger partial charge is 0.318 e. The molecular weight excluding hydrogens is 296 g/mol. The molecule has 0 radical (unpaired) electrons. The van der Waals surface area contributed by atoms with E-state index in [1.54, 1.807) is 0 Å². The summed E-state index contributed by atoms with van der Waals surface area (Å²) in [6.07, 6.45) is 2.33. The fraction of sp³-hybridized carbons (Fsp3) is 0.353. The lowest BCUT2D eigenvalue weighted by Crippen LogP contribution is -2.20. The molecule has 0 fully saturated rings. The molecule has 0 spiro atoms. The van der Waals surface area contributed by atoms with Crippen molar-refractivity contribution < 1.29 is 0 Å². The number of allylic oxidation sites excluding steroid dienone is 1. The van der Waals surface area contributed by atoms with E-state index in [0.717, 1.165) is 19.5 Å². The van der Waals surface area contributed by atoms with Crippen LogP contribution >= 0.6 is 23.1 Å². The maximum Gasteiger partial charge on any atom is 0.168 e. The smallest absolute Gasteiger partial charge is 0.168 e. The van der Waals surface area contributed by atoms with E-state index in [9.17, 15) is 0 Å². The average molecular weight is 314 g/mol. The summed E-state index contributed by atoms with van der Waals surface area (Å²) in [6.45, 7) is 6.42. The van der Waals surface area contributed by atoms with E-state index in [0.29, 0.717) is 0 Å². The number of hydrogen-bond donors (Lipinski definition) is 0. The maximum atomic E-state index is 4.66. The number of fused-ring (bicyclic) bond motifs is 2. The summed E-state index contributed by atoms with van der Waals surface area (Å²) < 4.78 is 1.39. The molecule has 3 heterocycles. The fourth-order valence-electron chi connectivity index (χ4n) is 3.12. The van der Waals surface area contributed by atoms with E-state index in [1.165, 1.54) is 42.7 Å². The van der Waals surface area contributed by atoms with E-state index in [1.807, 2.05) is 23.1 Å². The van der Waals surface area contributed by atoms with Gasteiger partial charge in [0, 0.05) is 32.0 Å². The number of aryl methyl sites for hydroxylation is 1. The van der Waals surface area contributed by atoms with Crippen LogP contribution in [-0.2, 0) is 0 Å². The number of aliphatic imine (C=N–C) groups is 1. The third-order valence-electron chi connectivity index (χ3n) is 3.97. The van der Waals surface area contributed by atoms with Crippen LogP contribution in [0.3, 0.4) is 0 Å². The van der Waals surface area contributed by atoms with Crippen molar-refractivity contribution in [2.45, 2.75) is 26.7 Å². The molecule has 2 aromatic rings. The Hall–Kier alpha value is -1.26. The molecule has 0 aliphatic carbocycles. The maximum absolute atomic E-state index is 4.66. The third-order valence-corrected chi connectivity index (χ3v) is 6.16. The van der Waals surface area contributed by atoms with Crippen molar-refractivity contribution in [1.82, 2.24) is 4.90 Å². The lowest BCUT2D eigenvalue weighted by molar-refractivity contribution is 0.646. The molecule has 21 heavy (non-hydrogen) atoms. The van der Waals surface area contributed by atoms with E-state index >= 15 is 0 Å². The molecule has 1 aromatic carbocycles. The Morgan fingerprint density at radius 1 is 1.33 bits per heavy atom. The minimum Gasteiger partial charge on any atom is -0.318 e. The van der Waals surface area contributed by atoms with Gasteiger partial charge in [-0.05, 0) is 25.5 Å².